The Morgan fingerprint density at radius 1 is 0.674 bits per heavy atom. The molecule has 0 aromatic heterocycles. The highest BCUT2D eigenvalue weighted by molar-refractivity contribution is 7.84. The predicted octanol–water partition coefficient (Wildman–Crippen LogP) is 10.5. The van der Waals surface area contributed by atoms with E-state index in [1.54, 1.807) is 5.30 Å². The first kappa shape index (κ1) is 32.2. The minimum absolute atomic E-state index is 0.0156. The van der Waals surface area contributed by atoms with E-state index in [1.807, 2.05) is 0 Å². The molecule has 1 unspecified atom stereocenters. The van der Waals surface area contributed by atoms with Crippen molar-refractivity contribution >= 4 is 24.2 Å². The van der Waals surface area contributed by atoms with Crippen molar-refractivity contribution in [1.82, 2.24) is 4.31 Å². The van der Waals surface area contributed by atoms with Crippen LogP contribution in [-0.4, -0.2) is 30.6 Å². The lowest BCUT2D eigenvalue weighted by molar-refractivity contribution is 0.0195. The lowest BCUT2D eigenvalue weighted by atomic mass is 9.55. The van der Waals surface area contributed by atoms with Gasteiger partial charge in [-0.2, -0.15) is 0 Å². The Labute approximate surface area is 284 Å². The smallest absolute Gasteiger partial charge is 0.100 e. The number of nitrogens with zero attached hydrogens (tertiary/aromatic N) is 1. The van der Waals surface area contributed by atoms with Gasteiger partial charge in [-0.3, -0.25) is 0 Å². The van der Waals surface area contributed by atoms with Gasteiger partial charge in [0.15, 0.2) is 0 Å². The maximum atomic E-state index is 14.3. The highest BCUT2D eigenvalue weighted by Gasteiger charge is 2.63. The zero-order chi connectivity index (χ0) is 32.2. The molecule has 0 N–H and O–H groups in total. The number of rotatable bonds is 7. The molecule has 250 valence electrons. The standard InChI is InChI=1S/C42H60NOPS/c1-39(2,3)35-14-12-34(13-15-35)38(43(7)46(44)40(4,5)6)36-10-8-9-11-37(36)45(41-22-28-16-29(23-41)18-30(17-28)24-41)42-25-31-19-32(26-42)21-33(20-31)27-42/h8-15,28-33,38H,16-27H2,1-7H3/t28?,29?,30?,31?,32?,33?,38-,41?,42?,45?,46?/m0/s1. The van der Waals surface area contributed by atoms with Crippen molar-refractivity contribution in [3.63, 3.8) is 0 Å². The molecule has 0 radical (unpaired) electrons. The van der Waals surface area contributed by atoms with Crippen LogP contribution in [0.25, 0.3) is 0 Å². The molecule has 10 rings (SSSR count). The third-order valence-corrected chi connectivity index (χ3v) is 19.3. The van der Waals surface area contributed by atoms with E-state index in [2.05, 4.69) is 101 Å². The fourth-order valence-electron chi connectivity index (χ4n) is 12.9. The second-order valence-corrected chi connectivity index (χ2v) is 24.7. The third kappa shape index (κ3) is 5.44. The predicted molar refractivity (Wildman–Crippen MR) is 197 cm³/mol. The van der Waals surface area contributed by atoms with Gasteiger partial charge in [0.05, 0.1) is 10.8 Å². The van der Waals surface area contributed by atoms with Crippen LogP contribution >= 0.6 is 7.92 Å². The fourth-order valence-corrected chi connectivity index (χ4v) is 19.5. The molecule has 0 heterocycles. The summed E-state index contributed by atoms with van der Waals surface area (Å²) in [6.07, 6.45) is 18.1. The van der Waals surface area contributed by atoms with Gasteiger partial charge < -0.3 is 0 Å². The summed E-state index contributed by atoms with van der Waals surface area (Å²) in [6, 6.07) is 19.2. The zero-order valence-electron chi connectivity index (χ0n) is 29.9. The van der Waals surface area contributed by atoms with E-state index in [1.165, 1.54) is 93.7 Å². The maximum Gasteiger partial charge on any atom is 0.100 e. The van der Waals surface area contributed by atoms with Gasteiger partial charge in [-0.05, 0) is 171 Å². The Morgan fingerprint density at radius 3 is 1.48 bits per heavy atom. The lowest BCUT2D eigenvalue weighted by Crippen LogP contribution is -2.58. The van der Waals surface area contributed by atoms with Gasteiger partial charge in [0.2, 0.25) is 0 Å². The summed E-state index contributed by atoms with van der Waals surface area (Å²) in [6.45, 7) is 13.3. The van der Waals surface area contributed by atoms with E-state index in [9.17, 15) is 4.21 Å². The summed E-state index contributed by atoms with van der Waals surface area (Å²) in [5.74, 6) is 5.80. The molecule has 2 aromatic carbocycles. The normalized spacial score (nSPS) is 38.3. The van der Waals surface area contributed by atoms with Crippen molar-refractivity contribution in [2.24, 2.45) is 35.5 Å². The second kappa shape index (κ2) is 11.3. The molecule has 2 atom stereocenters. The molecule has 8 bridgehead atoms. The van der Waals surface area contributed by atoms with Gasteiger partial charge in [0, 0.05) is 7.05 Å². The molecule has 8 saturated carbocycles. The fraction of sp³-hybridized carbons (Fsp3) is 0.714. The largest absolute Gasteiger partial charge is 0.242 e. The molecule has 2 nitrogen and oxygen atoms in total. The average Bonchev–Trinajstić information content (AvgIpc) is 2.95. The SMILES string of the molecule is CN([C@@H](c1ccc(C(C)(C)C)cc1)c1ccccc1P(C12CC3CC(CC(C3)C1)C2)C12CC3CC(CC(C3)C1)C2)S(=O)C(C)(C)C. The van der Waals surface area contributed by atoms with Crippen LogP contribution in [0.3, 0.4) is 0 Å². The van der Waals surface area contributed by atoms with Gasteiger partial charge in [0.1, 0.15) is 11.0 Å². The molecule has 46 heavy (non-hydrogen) atoms. The monoisotopic (exact) mass is 657 g/mol. The van der Waals surface area contributed by atoms with E-state index in [0.29, 0.717) is 10.3 Å². The molecule has 2 aromatic rings. The van der Waals surface area contributed by atoms with Crippen molar-refractivity contribution in [1.29, 1.82) is 0 Å². The van der Waals surface area contributed by atoms with Crippen LogP contribution in [0.2, 0.25) is 0 Å². The number of hydrogen-bond acceptors (Lipinski definition) is 1. The molecular formula is C42H60NOPS. The van der Waals surface area contributed by atoms with E-state index < -0.39 is 11.0 Å². The maximum absolute atomic E-state index is 14.3. The van der Waals surface area contributed by atoms with Crippen molar-refractivity contribution in [3.05, 3.63) is 65.2 Å². The first-order chi connectivity index (χ1) is 21.7. The van der Waals surface area contributed by atoms with Gasteiger partial charge >= 0.3 is 0 Å². The van der Waals surface area contributed by atoms with E-state index in [-0.39, 0.29) is 24.1 Å². The van der Waals surface area contributed by atoms with Crippen molar-refractivity contribution in [3.8, 4) is 0 Å². The van der Waals surface area contributed by atoms with Crippen LogP contribution < -0.4 is 5.30 Å². The molecule has 0 aliphatic heterocycles. The quantitative estimate of drug-likeness (QED) is 0.271. The summed E-state index contributed by atoms with van der Waals surface area (Å²) in [7, 11) is 0.644. The topological polar surface area (TPSA) is 20.3 Å². The van der Waals surface area contributed by atoms with Crippen molar-refractivity contribution in [2.45, 2.75) is 145 Å². The number of hydrogen-bond donors (Lipinski definition) is 0. The summed E-state index contributed by atoms with van der Waals surface area (Å²) < 4.78 is 16.3. The van der Waals surface area contributed by atoms with Crippen LogP contribution in [-0.2, 0) is 16.4 Å². The molecule has 0 amide bonds. The van der Waals surface area contributed by atoms with E-state index >= 15 is 0 Å². The minimum Gasteiger partial charge on any atom is -0.242 e. The summed E-state index contributed by atoms with van der Waals surface area (Å²) in [5, 5.41) is 2.73. The van der Waals surface area contributed by atoms with E-state index in [4.69, 9.17) is 0 Å². The van der Waals surface area contributed by atoms with E-state index in [0.717, 1.165) is 35.5 Å². The lowest BCUT2D eigenvalue weighted by Gasteiger charge is -2.67. The molecule has 0 saturated heterocycles. The van der Waals surface area contributed by atoms with Crippen LogP contribution in [0.4, 0.5) is 0 Å². The Morgan fingerprint density at radius 2 is 1.09 bits per heavy atom. The highest BCUT2D eigenvalue weighted by atomic mass is 32.2. The van der Waals surface area contributed by atoms with Crippen LogP contribution in [0.1, 0.15) is 141 Å². The Balaban J connectivity index is 1.31. The van der Waals surface area contributed by atoms with Crippen LogP contribution in [0.5, 0.6) is 0 Å². The summed E-state index contributed by atoms with van der Waals surface area (Å²) >= 11 is 0. The molecule has 8 fully saturated rings. The molecule has 0 spiro atoms. The van der Waals surface area contributed by atoms with Gasteiger partial charge in [0.25, 0.3) is 0 Å². The van der Waals surface area contributed by atoms with Crippen molar-refractivity contribution in [2.75, 3.05) is 7.05 Å². The van der Waals surface area contributed by atoms with Crippen LogP contribution in [0, 0.1) is 35.5 Å². The van der Waals surface area contributed by atoms with Gasteiger partial charge in [-0.15, -0.1) is 0 Å². The minimum atomic E-state index is -1.14. The molecule has 8 aliphatic carbocycles. The average molecular weight is 658 g/mol. The number of benzene rings is 2. The first-order valence-corrected chi connectivity index (χ1v) is 21.3. The summed E-state index contributed by atoms with van der Waals surface area (Å²) in [4.78, 5) is 0. The third-order valence-electron chi connectivity index (χ3n) is 13.7. The Hall–Kier alpha value is -1.02. The first-order valence-electron chi connectivity index (χ1n) is 18.9. The van der Waals surface area contributed by atoms with Crippen molar-refractivity contribution < 1.29 is 4.21 Å². The molecule has 4 heteroatoms. The second-order valence-electron chi connectivity index (χ2n) is 19.4. The summed E-state index contributed by atoms with van der Waals surface area (Å²) in [5.41, 5.74) is 4.25. The molecular weight excluding hydrogens is 598 g/mol. The Bertz CT molecular complexity index is 1370. The molecule has 8 aliphatic rings. The van der Waals surface area contributed by atoms with Gasteiger partial charge in [-0.25, -0.2) is 8.51 Å². The highest BCUT2D eigenvalue weighted by Crippen LogP contribution is 2.78. The zero-order valence-corrected chi connectivity index (χ0v) is 31.6. The Kier molecular flexibility index (Phi) is 7.88. The van der Waals surface area contributed by atoms with Crippen LogP contribution in [0.15, 0.2) is 48.5 Å². The van der Waals surface area contributed by atoms with Gasteiger partial charge in [-0.1, -0.05) is 77.2 Å².